The number of carbonyl (C=O) groups excluding carboxylic acids is 1. The maximum absolute atomic E-state index is 13.0. The number of hydrogen-bond acceptors (Lipinski definition) is 8. The highest BCUT2D eigenvalue weighted by molar-refractivity contribution is 6.01. The molecule has 0 aromatic heterocycles. The summed E-state index contributed by atoms with van der Waals surface area (Å²) in [6.45, 7) is 2.91. The van der Waals surface area contributed by atoms with E-state index in [1.165, 1.54) is 19.1 Å². The molecular formula is C14H12N6O3. The lowest BCUT2D eigenvalue weighted by molar-refractivity contribution is -0.157. The molecule has 1 atom stereocenters. The first-order valence-electron chi connectivity index (χ1n) is 6.37. The lowest BCUT2D eigenvalue weighted by Crippen LogP contribution is -2.58. The van der Waals surface area contributed by atoms with Crippen LogP contribution < -0.4 is 0 Å². The van der Waals surface area contributed by atoms with Crippen molar-refractivity contribution in [1.82, 2.24) is 0 Å². The highest BCUT2D eigenvalue weighted by Gasteiger charge is 2.68. The van der Waals surface area contributed by atoms with Gasteiger partial charge in [0, 0.05) is 0 Å². The SMILES string of the molecule is CC(C)(C(=O)O)C(C#N)(C#N)C(=O)C1(C)CN=NC1(C#N)C#N. The molecule has 9 heteroatoms. The molecule has 0 aromatic rings. The third-order valence-corrected chi connectivity index (χ3v) is 4.38. The molecule has 1 aliphatic heterocycles. The van der Waals surface area contributed by atoms with Gasteiger partial charge in [0.15, 0.2) is 5.78 Å². The van der Waals surface area contributed by atoms with Gasteiger partial charge in [-0.25, -0.2) is 0 Å². The molecule has 23 heavy (non-hydrogen) atoms. The summed E-state index contributed by atoms with van der Waals surface area (Å²) in [5, 5.41) is 53.8. The highest BCUT2D eigenvalue weighted by Crippen LogP contribution is 2.50. The van der Waals surface area contributed by atoms with Gasteiger partial charge in [0.1, 0.15) is 23.0 Å². The number of carbonyl (C=O) groups is 2. The molecule has 116 valence electrons. The monoisotopic (exact) mass is 312 g/mol. The summed E-state index contributed by atoms with van der Waals surface area (Å²) >= 11 is 0. The third kappa shape index (κ3) is 1.88. The van der Waals surface area contributed by atoms with Crippen LogP contribution in [0.5, 0.6) is 0 Å². The number of nitrogens with zero attached hydrogens (tertiary/aromatic N) is 6. The zero-order chi connectivity index (χ0) is 18.1. The van der Waals surface area contributed by atoms with E-state index in [4.69, 9.17) is 0 Å². The van der Waals surface area contributed by atoms with Gasteiger partial charge in [-0.2, -0.15) is 31.3 Å². The Morgan fingerprint density at radius 2 is 1.61 bits per heavy atom. The number of carboxylic acid groups (broad SMARTS) is 1. The van der Waals surface area contributed by atoms with E-state index in [1.54, 1.807) is 12.1 Å². The van der Waals surface area contributed by atoms with Gasteiger partial charge in [-0.1, -0.05) is 0 Å². The summed E-state index contributed by atoms with van der Waals surface area (Å²) in [5.41, 5.74) is -8.80. The first kappa shape index (κ1) is 17.8. The maximum atomic E-state index is 13.0. The second-order valence-electron chi connectivity index (χ2n) is 5.90. The van der Waals surface area contributed by atoms with Gasteiger partial charge in [0.25, 0.3) is 5.54 Å². The lowest BCUT2D eigenvalue weighted by Gasteiger charge is -2.38. The zero-order valence-electron chi connectivity index (χ0n) is 12.7. The van der Waals surface area contributed by atoms with Crippen molar-refractivity contribution in [2.75, 3.05) is 6.54 Å². The maximum Gasteiger partial charge on any atom is 0.312 e. The Morgan fingerprint density at radius 1 is 1.13 bits per heavy atom. The fourth-order valence-corrected chi connectivity index (χ4v) is 2.32. The lowest BCUT2D eigenvalue weighted by atomic mass is 9.55. The van der Waals surface area contributed by atoms with E-state index in [9.17, 15) is 35.7 Å². The Morgan fingerprint density at radius 3 is 1.96 bits per heavy atom. The number of nitriles is 4. The van der Waals surface area contributed by atoms with Crippen molar-refractivity contribution >= 4 is 11.8 Å². The van der Waals surface area contributed by atoms with E-state index < -0.39 is 40.1 Å². The molecule has 0 aromatic carbocycles. The average Bonchev–Trinajstić information content (AvgIpc) is 2.86. The van der Waals surface area contributed by atoms with Gasteiger partial charge in [-0.05, 0) is 20.8 Å². The molecule has 0 fully saturated rings. The average molecular weight is 312 g/mol. The van der Waals surface area contributed by atoms with Gasteiger partial charge < -0.3 is 5.11 Å². The summed E-state index contributed by atoms with van der Waals surface area (Å²) < 4.78 is 0. The molecule has 0 aliphatic carbocycles. The van der Waals surface area contributed by atoms with Crippen molar-refractivity contribution < 1.29 is 14.7 Å². The fraction of sp³-hybridized carbons (Fsp3) is 0.571. The summed E-state index contributed by atoms with van der Waals surface area (Å²) in [5.74, 6) is -2.69. The minimum Gasteiger partial charge on any atom is -0.481 e. The standard InChI is InChI=1S/C14H12N6O3/c1-11(2,10(22)23)13(4-15,5-16)9(21)12(3)8-19-20-14(12,6-17)7-18/h8H2,1-3H3,(H,22,23). The van der Waals surface area contributed by atoms with Crippen molar-refractivity contribution in [2.24, 2.45) is 26.5 Å². The number of hydrogen-bond donors (Lipinski definition) is 1. The van der Waals surface area contributed by atoms with Crippen LogP contribution in [0, 0.1) is 61.6 Å². The van der Waals surface area contributed by atoms with Crippen molar-refractivity contribution in [3.63, 3.8) is 0 Å². The second kappa shape index (κ2) is 5.16. The molecule has 1 aliphatic rings. The number of Topliss-reactive ketones (excluding diaryl/α,β-unsaturated/α-hetero) is 1. The van der Waals surface area contributed by atoms with Gasteiger partial charge in [-0.3, -0.25) is 9.59 Å². The number of carboxylic acids is 1. The molecular weight excluding hydrogens is 300 g/mol. The Labute approximate surface area is 132 Å². The molecule has 1 rings (SSSR count). The minimum absolute atomic E-state index is 0.395. The van der Waals surface area contributed by atoms with Gasteiger partial charge in [0.2, 0.25) is 5.41 Å². The summed E-state index contributed by atoms with van der Waals surface area (Å²) in [4.78, 5) is 24.5. The molecule has 1 N–H and O–H groups in total. The molecule has 0 radical (unpaired) electrons. The quantitative estimate of drug-likeness (QED) is 0.803. The van der Waals surface area contributed by atoms with Crippen LogP contribution in [-0.2, 0) is 9.59 Å². The van der Waals surface area contributed by atoms with Crippen molar-refractivity contribution in [1.29, 1.82) is 21.0 Å². The van der Waals surface area contributed by atoms with Crippen LogP contribution in [0.3, 0.4) is 0 Å². The second-order valence-corrected chi connectivity index (χ2v) is 5.90. The van der Waals surface area contributed by atoms with Crippen LogP contribution in [0.2, 0.25) is 0 Å². The molecule has 0 spiro atoms. The van der Waals surface area contributed by atoms with Crippen LogP contribution in [0.15, 0.2) is 10.2 Å². The molecule has 0 bridgehead atoms. The minimum atomic E-state index is -2.61. The van der Waals surface area contributed by atoms with Gasteiger partial charge in [0.05, 0.1) is 18.7 Å². The molecule has 0 amide bonds. The first-order chi connectivity index (χ1) is 10.5. The molecule has 1 heterocycles. The summed E-state index contributed by atoms with van der Waals surface area (Å²) in [6, 6.07) is 6.14. The zero-order valence-corrected chi connectivity index (χ0v) is 12.7. The third-order valence-electron chi connectivity index (χ3n) is 4.38. The number of aliphatic carboxylic acids is 1. The Kier molecular flexibility index (Phi) is 3.98. The van der Waals surface area contributed by atoms with Crippen molar-refractivity contribution in [3.8, 4) is 24.3 Å². The molecule has 0 saturated heterocycles. The van der Waals surface area contributed by atoms with Gasteiger partial charge >= 0.3 is 5.97 Å². The predicted octanol–water partition coefficient (Wildman–Crippen LogP) is 0.958. The highest BCUT2D eigenvalue weighted by atomic mass is 16.4. The predicted molar refractivity (Wildman–Crippen MR) is 71.9 cm³/mol. The van der Waals surface area contributed by atoms with Crippen LogP contribution in [-0.4, -0.2) is 28.9 Å². The van der Waals surface area contributed by atoms with E-state index in [1.807, 2.05) is 0 Å². The molecule has 9 nitrogen and oxygen atoms in total. The van der Waals surface area contributed by atoms with E-state index in [0.29, 0.717) is 0 Å². The van der Waals surface area contributed by atoms with Gasteiger partial charge in [-0.15, -0.1) is 0 Å². The largest absolute Gasteiger partial charge is 0.481 e. The van der Waals surface area contributed by atoms with E-state index in [-0.39, 0.29) is 0 Å². The van der Waals surface area contributed by atoms with Crippen molar-refractivity contribution in [3.05, 3.63) is 0 Å². The number of azo groups is 1. The summed E-state index contributed by atoms with van der Waals surface area (Å²) in [6.07, 6.45) is 0. The Balaban J connectivity index is 3.69. The fourth-order valence-electron chi connectivity index (χ4n) is 2.32. The molecule has 0 saturated carbocycles. The normalized spacial score (nSPS) is 22.2. The first-order valence-corrected chi connectivity index (χ1v) is 6.37. The summed E-state index contributed by atoms with van der Waals surface area (Å²) in [7, 11) is 0. The van der Waals surface area contributed by atoms with Crippen LogP contribution in [0.25, 0.3) is 0 Å². The van der Waals surface area contributed by atoms with Crippen LogP contribution >= 0.6 is 0 Å². The van der Waals surface area contributed by atoms with E-state index >= 15 is 0 Å². The Bertz CT molecular complexity index is 742. The van der Waals surface area contributed by atoms with Crippen LogP contribution in [0.4, 0.5) is 0 Å². The topological polar surface area (TPSA) is 174 Å². The van der Waals surface area contributed by atoms with Crippen LogP contribution in [0.1, 0.15) is 20.8 Å². The number of ketones is 1. The van der Waals surface area contributed by atoms with E-state index in [2.05, 4.69) is 10.2 Å². The number of rotatable bonds is 4. The Hall–Kier alpha value is -3.30. The van der Waals surface area contributed by atoms with E-state index in [0.717, 1.165) is 13.8 Å². The smallest absolute Gasteiger partial charge is 0.312 e. The molecule has 1 unspecified atom stereocenters. The van der Waals surface area contributed by atoms with Crippen molar-refractivity contribution in [2.45, 2.75) is 26.3 Å².